The van der Waals surface area contributed by atoms with Crippen LogP contribution in [0.2, 0.25) is 0 Å². The minimum Gasteiger partial charge on any atom is -0.0767 e. The van der Waals surface area contributed by atoms with Gasteiger partial charge in [-0.15, -0.1) is 0 Å². The van der Waals surface area contributed by atoms with Gasteiger partial charge in [0.05, 0.1) is 0 Å². The fourth-order valence-corrected chi connectivity index (χ4v) is 0.642. The van der Waals surface area contributed by atoms with Gasteiger partial charge in [-0.3, -0.25) is 0 Å². The smallest absolute Gasteiger partial charge is 0.00506 e. The van der Waals surface area contributed by atoms with Crippen LogP contribution in [0.3, 0.4) is 0 Å². The Morgan fingerprint density at radius 2 is 0.417 bits per heavy atom. The average molecular weight is 490 g/mol. The molecule has 0 spiro atoms. The maximum absolute atomic E-state index is 7.50. The SMILES string of the molecule is [C-]#[O+].[C-]#[O+].[C-]#[O+].[C-]#[O+].[C-]#[O+].[C-]#[O+].[CH]1C=CC=C1.[CH]1C=CC=C1.[Mo].[Mo]. The molecule has 0 fully saturated rings. The molecule has 0 aromatic carbocycles. The fourth-order valence-electron chi connectivity index (χ4n) is 0.642. The fraction of sp³-hybridized carbons (Fsp3) is 0. The summed E-state index contributed by atoms with van der Waals surface area (Å²) in [5.74, 6) is 0. The summed E-state index contributed by atoms with van der Waals surface area (Å²) < 4.78 is 45.0. The predicted molar refractivity (Wildman–Crippen MR) is 68.7 cm³/mol. The Kier molecular flexibility index (Phi) is 252. The van der Waals surface area contributed by atoms with Gasteiger partial charge in [-0.2, -0.15) is 0 Å². The van der Waals surface area contributed by atoms with Crippen molar-refractivity contribution in [2.24, 2.45) is 0 Å². The van der Waals surface area contributed by atoms with E-state index in [4.69, 9.17) is 27.9 Å². The van der Waals surface area contributed by atoms with E-state index in [1.54, 1.807) is 0 Å². The van der Waals surface area contributed by atoms with E-state index in [9.17, 15) is 0 Å². The predicted octanol–water partition coefficient (Wildman–Crippen LogP) is 2.40. The maximum Gasteiger partial charge on any atom is 0.00506 e. The van der Waals surface area contributed by atoms with E-state index >= 15 is 0 Å². The molecule has 0 saturated carbocycles. The van der Waals surface area contributed by atoms with Crippen molar-refractivity contribution in [3.63, 3.8) is 0 Å². The van der Waals surface area contributed by atoms with E-state index in [0.29, 0.717) is 0 Å². The van der Waals surface area contributed by atoms with Crippen LogP contribution in [0.1, 0.15) is 0 Å². The molecule has 2 radical (unpaired) electrons. The van der Waals surface area contributed by atoms with Gasteiger partial charge in [0.15, 0.2) is 0 Å². The number of hydrogen-bond donors (Lipinski definition) is 0. The van der Waals surface area contributed by atoms with Crippen LogP contribution in [-0.2, 0) is 70.0 Å². The first-order valence-electron chi connectivity index (χ1n) is 4.56. The summed E-state index contributed by atoms with van der Waals surface area (Å²) in [4.78, 5) is 0. The number of hydrogen-bond acceptors (Lipinski definition) is 0. The van der Waals surface area contributed by atoms with E-state index in [-0.39, 0.29) is 42.1 Å². The average Bonchev–Trinajstić information content (AvgIpc) is 3.43. The molecule has 122 valence electrons. The summed E-state index contributed by atoms with van der Waals surface area (Å²) in [6.45, 7) is 27.0. The van der Waals surface area contributed by atoms with Crippen molar-refractivity contribution in [2.75, 3.05) is 0 Å². The molecule has 0 atom stereocenters. The number of allylic oxidation sites excluding steroid dienone is 8. The Bertz CT molecular complexity index is 321. The molecule has 2 aliphatic rings. The summed E-state index contributed by atoms with van der Waals surface area (Å²) in [6, 6.07) is 0. The van der Waals surface area contributed by atoms with Crippen LogP contribution in [0.25, 0.3) is 0 Å². The molecule has 0 heterocycles. The zero-order valence-corrected chi connectivity index (χ0v) is 16.1. The summed E-state index contributed by atoms with van der Waals surface area (Å²) in [5.41, 5.74) is 0. The van der Waals surface area contributed by atoms with Crippen LogP contribution in [-0.4, -0.2) is 0 Å². The first-order valence-corrected chi connectivity index (χ1v) is 4.56. The number of rotatable bonds is 0. The van der Waals surface area contributed by atoms with Crippen molar-refractivity contribution in [1.29, 1.82) is 0 Å². The summed E-state index contributed by atoms with van der Waals surface area (Å²) in [5, 5.41) is 0. The van der Waals surface area contributed by atoms with E-state index < -0.39 is 0 Å². The first-order chi connectivity index (χ1) is 11.0. The topological polar surface area (TPSA) is 119 Å². The summed E-state index contributed by atoms with van der Waals surface area (Å²) in [7, 11) is 0. The molecule has 0 unspecified atom stereocenters. The van der Waals surface area contributed by atoms with Crippen molar-refractivity contribution in [3.05, 3.63) is 101 Å². The van der Waals surface area contributed by atoms with Gasteiger partial charge in [-0.25, -0.2) is 0 Å². The van der Waals surface area contributed by atoms with Crippen LogP contribution in [0, 0.1) is 52.7 Å². The van der Waals surface area contributed by atoms with E-state index in [1.807, 2.05) is 61.4 Å². The third kappa shape index (κ3) is 105. The summed E-state index contributed by atoms with van der Waals surface area (Å²) in [6.07, 6.45) is 20.0. The molecule has 0 aromatic heterocycles. The van der Waals surface area contributed by atoms with Gasteiger partial charge in [-0.1, -0.05) is 48.6 Å². The third-order valence-corrected chi connectivity index (χ3v) is 1.11. The van der Waals surface area contributed by atoms with Crippen molar-refractivity contribution in [3.8, 4) is 0 Å². The largest absolute Gasteiger partial charge is 0.0767 e. The van der Waals surface area contributed by atoms with Gasteiger partial charge >= 0.3 is 67.8 Å². The van der Waals surface area contributed by atoms with E-state index in [1.165, 1.54) is 0 Å². The van der Waals surface area contributed by atoms with Crippen LogP contribution < -0.4 is 0 Å². The Morgan fingerprint density at radius 3 is 0.458 bits per heavy atom. The van der Waals surface area contributed by atoms with Crippen LogP contribution >= 0.6 is 0 Å². The minimum atomic E-state index is 0. The minimum absolute atomic E-state index is 0. The standard InChI is InChI=1S/2C5H5.6CO.2Mo/c2*1-2-4-5-3-1;6*1-2;;/h2*1-5H;;;;;;;;. The molecular formula is C16H10Mo2O6. The molecule has 2 rings (SSSR count). The molecule has 0 saturated heterocycles. The monoisotopic (exact) mass is 494 g/mol. The third-order valence-electron chi connectivity index (χ3n) is 1.11. The Morgan fingerprint density at radius 1 is 0.292 bits per heavy atom. The molecule has 8 heteroatoms. The second-order valence-corrected chi connectivity index (χ2v) is 1.92. The zero-order chi connectivity index (χ0) is 19.1. The van der Waals surface area contributed by atoms with Gasteiger partial charge in [-0.05, 0) is 0 Å². The Labute approximate surface area is 171 Å². The summed E-state index contributed by atoms with van der Waals surface area (Å²) >= 11 is 0. The molecule has 0 N–H and O–H groups in total. The van der Waals surface area contributed by atoms with Crippen LogP contribution in [0.4, 0.5) is 0 Å². The Balaban J connectivity index is -0.0000000213. The maximum atomic E-state index is 7.50. The molecular weight excluding hydrogens is 480 g/mol. The molecule has 0 aromatic rings. The van der Waals surface area contributed by atoms with Crippen molar-refractivity contribution >= 4 is 0 Å². The molecule has 0 aliphatic heterocycles. The molecule has 2 aliphatic carbocycles. The van der Waals surface area contributed by atoms with Gasteiger partial charge in [0.2, 0.25) is 0 Å². The quantitative estimate of drug-likeness (QED) is 0.282. The van der Waals surface area contributed by atoms with Crippen molar-refractivity contribution < 1.29 is 70.0 Å². The van der Waals surface area contributed by atoms with Crippen LogP contribution in [0.5, 0.6) is 0 Å². The van der Waals surface area contributed by atoms with Gasteiger partial charge in [0.25, 0.3) is 0 Å². The van der Waals surface area contributed by atoms with E-state index in [0.717, 1.165) is 0 Å². The van der Waals surface area contributed by atoms with Crippen molar-refractivity contribution in [2.45, 2.75) is 0 Å². The second-order valence-electron chi connectivity index (χ2n) is 1.92. The van der Waals surface area contributed by atoms with E-state index in [2.05, 4.69) is 39.9 Å². The van der Waals surface area contributed by atoms with Crippen LogP contribution in [0.15, 0.2) is 48.6 Å². The first kappa shape index (κ1) is 49.5. The molecule has 6 nitrogen and oxygen atoms in total. The van der Waals surface area contributed by atoms with Crippen molar-refractivity contribution in [1.82, 2.24) is 0 Å². The molecule has 0 amide bonds. The molecule has 24 heavy (non-hydrogen) atoms. The Hall–Kier alpha value is -1.22. The zero-order valence-electron chi connectivity index (χ0n) is 12.0. The normalized spacial score (nSPS) is 7.83. The van der Waals surface area contributed by atoms with Gasteiger partial charge in [0.1, 0.15) is 0 Å². The molecule has 0 bridgehead atoms. The van der Waals surface area contributed by atoms with Gasteiger partial charge in [0, 0.05) is 55.0 Å². The van der Waals surface area contributed by atoms with Gasteiger partial charge < -0.3 is 0 Å². The second kappa shape index (κ2) is 122.